The Bertz CT molecular complexity index is 603. The zero-order valence-electron chi connectivity index (χ0n) is 13.6. The van der Waals surface area contributed by atoms with Gasteiger partial charge < -0.3 is 14.8 Å². The molecule has 122 valence electrons. The highest BCUT2D eigenvalue weighted by molar-refractivity contribution is 5.43. The third-order valence-corrected chi connectivity index (χ3v) is 4.15. The van der Waals surface area contributed by atoms with Crippen molar-refractivity contribution in [3.05, 3.63) is 54.6 Å². The van der Waals surface area contributed by atoms with Crippen molar-refractivity contribution in [1.29, 1.82) is 0 Å². The van der Waals surface area contributed by atoms with Crippen LogP contribution in [0.2, 0.25) is 0 Å². The van der Waals surface area contributed by atoms with Crippen LogP contribution in [0.25, 0.3) is 0 Å². The summed E-state index contributed by atoms with van der Waals surface area (Å²) in [7, 11) is 1.67. The molecule has 1 saturated heterocycles. The highest BCUT2D eigenvalue weighted by Gasteiger charge is 2.21. The van der Waals surface area contributed by atoms with Gasteiger partial charge in [-0.05, 0) is 30.7 Å². The van der Waals surface area contributed by atoms with Crippen LogP contribution in [0.1, 0.15) is 6.42 Å². The van der Waals surface area contributed by atoms with Crippen molar-refractivity contribution in [2.24, 2.45) is 0 Å². The van der Waals surface area contributed by atoms with Gasteiger partial charge in [0.1, 0.15) is 6.61 Å². The monoisotopic (exact) mass is 312 g/mol. The maximum atomic E-state index is 5.86. The summed E-state index contributed by atoms with van der Waals surface area (Å²) in [4.78, 5) is 2.44. The number of likely N-dealkylation sites (tertiary alicyclic amines) is 1. The Hall–Kier alpha value is -2.20. The van der Waals surface area contributed by atoms with Gasteiger partial charge in [-0.3, -0.25) is 4.90 Å². The summed E-state index contributed by atoms with van der Waals surface area (Å²) in [6.07, 6.45) is 1.17. The Morgan fingerprint density at radius 1 is 1.04 bits per heavy atom. The quantitative estimate of drug-likeness (QED) is 0.851. The largest absolute Gasteiger partial charge is 0.493 e. The maximum absolute atomic E-state index is 5.86. The molecule has 3 rings (SSSR count). The number of hydrogen-bond acceptors (Lipinski definition) is 4. The van der Waals surface area contributed by atoms with Crippen molar-refractivity contribution >= 4 is 5.69 Å². The molecule has 1 heterocycles. The van der Waals surface area contributed by atoms with Crippen LogP contribution in [-0.2, 0) is 0 Å². The molecule has 2 aromatic carbocycles. The first-order valence-corrected chi connectivity index (χ1v) is 8.15. The summed E-state index contributed by atoms with van der Waals surface area (Å²) in [6.45, 7) is 3.79. The van der Waals surface area contributed by atoms with Crippen LogP contribution in [0.15, 0.2) is 54.6 Å². The fourth-order valence-corrected chi connectivity index (χ4v) is 2.95. The van der Waals surface area contributed by atoms with Gasteiger partial charge in [-0.1, -0.05) is 30.3 Å². The lowest BCUT2D eigenvalue weighted by atomic mass is 10.2. The third-order valence-electron chi connectivity index (χ3n) is 4.15. The molecule has 4 heteroatoms. The summed E-state index contributed by atoms with van der Waals surface area (Å²) in [5, 5.41) is 3.59. The van der Waals surface area contributed by atoms with Crippen LogP contribution in [-0.4, -0.2) is 44.3 Å². The van der Waals surface area contributed by atoms with E-state index in [1.54, 1.807) is 7.11 Å². The molecule has 0 amide bonds. The molecule has 0 bridgehead atoms. The van der Waals surface area contributed by atoms with Crippen molar-refractivity contribution in [3.63, 3.8) is 0 Å². The fraction of sp³-hybridized carbons (Fsp3) is 0.368. The SMILES string of the molecule is COc1ccccc1OCCN1CCC(Nc2ccccc2)C1. The average molecular weight is 312 g/mol. The minimum absolute atomic E-state index is 0.517. The van der Waals surface area contributed by atoms with Gasteiger partial charge in [0.15, 0.2) is 11.5 Å². The Morgan fingerprint density at radius 2 is 1.78 bits per heavy atom. The molecule has 1 aliphatic heterocycles. The summed E-state index contributed by atoms with van der Waals surface area (Å²) in [6, 6.07) is 18.7. The molecule has 1 unspecified atom stereocenters. The van der Waals surface area contributed by atoms with E-state index in [1.165, 1.54) is 12.1 Å². The Balaban J connectivity index is 1.42. The van der Waals surface area contributed by atoms with Crippen molar-refractivity contribution in [2.75, 3.05) is 38.7 Å². The maximum Gasteiger partial charge on any atom is 0.161 e. The molecule has 0 aromatic heterocycles. The predicted molar refractivity (Wildman–Crippen MR) is 93.4 cm³/mol. The highest BCUT2D eigenvalue weighted by atomic mass is 16.5. The van der Waals surface area contributed by atoms with E-state index < -0.39 is 0 Å². The second-order valence-electron chi connectivity index (χ2n) is 5.80. The standard InChI is InChI=1S/C19H24N2O2/c1-22-18-9-5-6-10-19(18)23-14-13-21-12-11-17(15-21)20-16-7-3-2-4-8-16/h2-10,17,20H,11-15H2,1H3. The molecule has 1 N–H and O–H groups in total. The van der Waals surface area contributed by atoms with E-state index in [0.29, 0.717) is 12.6 Å². The van der Waals surface area contributed by atoms with Crippen molar-refractivity contribution < 1.29 is 9.47 Å². The van der Waals surface area contributed by atoms with E-state index in [2.05, 4.69) is 34.5 Å². The topological polar surface area (TPSA) is 33.7 Å². The lowest BCUT2D eigenvalue weighted by Crippen LogP contribution is -2.29. The summed E-state index contributed by atoms with van der Waals surface area (Å²) < 4.78 is 11.2. The Labute approximate surface area is 138 Å². The Kier molecular flexibility index (Phi) is 5.37. The van der Waals surface area contributed by atoms with Crippen LogP contribution in [0.4, 0.5) is 5.69 Å². The molecule has 0 aliphatic carbocycles. The zero-order valence-corrected chi connectivity index (χ0v) is 13.6. The van der Waals surface area contributed by atoms with Gasteiger partial charge in [0.2, 0.25) is 0 Å². The molecule has 1 fully saturated rings. The second-order valence-corrected chi connectivity index (χ2v) is 5.80. The molecule has 2 aromatic rings. The van der Waals surface area contributed by atoms with Gasteiger partial charge in [0, 0.05) is 31.4 Å². The highest BCUT2D eigenvalue weighted by Crippen LogP contribution is 2.25. The van der Waals surface area contributed by atoms with Crippen LogP contribution >= 0.6 is 0 Å². The minimum atomic E-state index is 0.517. The number of hydrogen-bond donors (Lipinski definition) is 1. The third kappa shape index (κ3) is 4.39. The second kappa shape index (κ2) is 7.88. The molecular formula is C19H24N2O2. The van der Waals surface area contributed by atoms with E-state index in [4.69, 9.17) is 9.47 Å². The number of benzene rings is 2. The number of nitrogens with zero attached hydrogens (tertiary/aromatic N) is 1. The predicted octanol–water partition coefficient (Wildman–Crippen LogP) is 3.26. The number of ether oxygens (including phenoxy) is 2. The minimum Gasteiger partial charge on any atom is -0.493 e. The normalized spacial score (nSPS) is 17.9. The molecule has 1 aliphatic rings. The van der Waals surface area contributed by atoms with E-state index >= 15 is 0 Å². The number of methoxy groups -OCH3 is 1. The summed E-state index contributed by atoms with van der Waals surface area (Å²) in [5.74, 6) is 1.60. The van der Waals surface area contributed by atoms with Crippen LogP contribution in [0.3, 0.4) is 0 Å². The number of para-hydroxylation sites is 3. The first-order chi connectivity index (χ1) is 11.3. The van der Waals surface area contributed by atoms with Gasteiger partial charge in [-0.2, -0.15) is 0 Å². The molecule has 0 saturated carbocycles. The molecule has 0 radical (unpaired) electrons. The lowest BCUT2D eigenvalue weighted by Gasteiger charge is -2.18. The van der Waals surface area contributed by atoms with Crippen LogP contribution in [0.5, 0.6) is 11.5 Å². The van der Waals surface area contributed by atoms with Gasteiger partial charge in [-0.15, -0.1) is 0 Å². The first-order valence-electron chi connectivity index (χ1n) is 8.15. The lowest BCUT2D eigenvalue weighted by molar-refractivity contribution is 0.229. The molecule has 23 heavy (non-hydrogen) atoms. The van der Waals surface area contributed by atoms with Crippen molar-refractivity contribution in [2.45, 2.75) is 12.5 Å². The van der Waals surface area contributed by atoms with E-state index in [0.717, 1.165) is 31.1 Å². The van der Waals surface area contributed by atoms with Crippen LogP contribution < -0.4 is 14.8 Å². The first kappa shape index (κ1) is 15.7. The van der Waals surface area contributed by atoms with E-state index in [1.807, 2.05) is 30.3 Å². The van der Waals surface area contributed by atoms with Crippen molar-refractivity contribution in [3.8, 4) is 11.5 Å². The molecule has 1 atom stereocenters. The smallest absolute Gasteiger partial charge is 0.161 e. The van der Waals surface area contributed by atoms with Gasteiger partial charge >= 0.3 is 0 Å². The molecule has 4 nitrogen and oxygen atoms in total. The number of nitrogens with one attached hydrogen (secondary N) is 1. The van der Waals surface area contributed by atoms with E-state index in [-0.39, 0.29) is 0 Å². The van der Waals surface area contributed by atoms with Crippen molar-refractivity contribution in [1.82, 2.24) is 4.90 Å². The fourth-order valence-electron chi connectivity index (χ4n) is 2.95. The molecule has 0 spiro atoms. The van der Waals surface area contributed by atoms with Gasteiger partial charge in [-0.25, -0.2) is 0 Å². The molecular weight excluding hydrogens is 288 g/mol. The average Bonchev–Trinajstić information content (AvgIpc) is 3.03. The number of rotatable bonds is 7. The van der Waals surface area contributed by atoms with Gasteiger partial charge in [0.25, 0.3) is 0 Å². The van der Waals surface area contributed by atoms with E-state index in [9.17, 15) is 0 Å². The Morgan fingerprint density at radius 3 is 2.57 bits per heavy atom. The summed E-state index contributed by atoms with van der Waals surface area (Å²) in [5.41, 5.74) is 1.20. The zero-order chi connectivity index (χ0) is 15.9. The van der Waals surface area contributed by atoms with Crippen LogP contribution in [0, 0.1) is 0 Å². The van der Waals surface area contributed by atoms with Gasteiger partial charge in [0.05, 0.1) is 7.11 Å². The summed E-state index contributed by atoms with van der Waals surface area (Å²) >= 11 is 0. The number of anilines is 1.